The summed E-state index contributed by atoms with van der Waals surface area (Å²) in [6, 6.07) is 1.02. The highest BCUT2D eigenvalue weighted by Gasteiger charge is 2.25. The third-order valence-electron chi connectivity index (χ3n) is 4.48. The van der Waals surface area contributed by atoms with Gasteiger partial charge in [0.05, 0.1) is 31.0 Å². The van der Waals surface area contributed by atoms with Gasteiger partial charge in [-0.15, -0.1) is 21.5 Å². The van der Waals surface area contributed by atoms with E-state index in [1.165, 1.54) is 19.4 Å². The normalized spacial score (nSPS) is 12.6. The van der Waals surface area contributed by atoms with Gasteiger partial charge in [-0.05, 0) is 13.0 Å². The predicted octanol–water partition coefficient (Wildman–Crippen LogP) is 4.00. The first-order chi connectivity index (χ1) is 15.5. The predicted molar refractivity (Wildman–Crippen MR) is 122 cm³/mol. The molecule has 0 atom stereocenters. The van der Waals surface area contributed by atoms with Crippen LogP contribution in [0.4, 0.5) is 14.6 Å². The summed E-state index contributed by atoms with van der Waals surface area (Å²) in [7, 11) is -4.87. The van der Waals surface area contributed by atoms with Gasteiger partial charge >= 0.3 is 6.43 Å². The summed E-state index contributed by atoms with van der Waals surface area (Å²) in [6.07, 6.45) is 1.62. The molecule has 0 unspecified atom stereocenters. The van der Waals surface area contributed by atoms with Crippen LogP contribution in [0.25, 0.3) is 10.8 Å². The first-order valence-corrected chi connectivity index (χ1v) is 16.3. The van der Waals surface area contributed by atoms with Crippen molar-refractivity contribution in [2.45, 2.75) is 52.3 Å². The number of hydrogen-bond donors (Lipinski definition) is 0. The van der Waals surface area contributed by atoms with Crippen LogP contribution in [0.5, 0.6) is 0 Å². The van der Waals surface area contributed by atoms with Crippen LogP contribution < -0.4 is 4.31 Å². The molecule has 10 nitrogen and oxygen atoms in total. The third-order valence-corrected chi connectivity index (χ3v) is 8.87. The average Bonchev–Trinajstić information content (AvgIpc) is 3.49. The molecule has 3 rings (SSSR count). The number of rotatable bonds is 12. The van der Waals surface area contributed by atoms with Crippen molar-refractivity contribution in [2.24, 2.45) is 0 Å². The number of thiazole rings is 1. The molecule has 0 fully saturated rings. The van der Waals surface area contributed by atoms with Gasteiger partial charge in [0.2, 0.25) is 10.0 Å². The van der Waals surface area contributed by atoms with Crippen LogP contribution in [0.1, 0.15) is 24.2 Å². The molecule has 3 aromatic rings. The number of imidazole rings is 1. The average molecular weight is 521 g/mol. The maximum Gasteiger partial charge on any atom is 0.314 e. The minimum Gasteiger partial charge on any atom is -0.414 e. The Hall–Kier alpha value is -2.23. The van der Waals surface area contributed by atoms with Crippen molar-refractivity contribution in [1.29, 1.82) is 0 Å². The minimum absolute atomic E-state index is 0.0792. The molecule has 0 aliphatic carbocycles. The molecule has 0 saturated heterocycles. The Labute approximate surface area is 195 Å². The SMILES string of the molecule is CCS(=O)(=O)N(Cc1ncc(-c2nnc(C(F)F)o2)s1)c1cn(COCC[Si](C)(C)C)cn1. The van der Waals surface area contributed by atoms with Crippen LogP contribution in [-0.4, -0.2) is 53.6 Å². The molecule has 0 saturated carbocycles. The van der Waals surface area contributed by atoms with E-state index in [0.29, 0.717) is 16.5 Å². The molecule has 182 valence electrons. The molecule has 0 bridgehead atoms. The van der Waals surface area contributed by atoms with E-state index in [9.17, 15) is 17.2 Å². The van der Waals surface area contributed by atoms with Gasteiger partial charge in [0.15, 0.2) is 5.82 Å². The zero-order chi connectivity index (χ0) is 24.2. The van der Waals surface area contributed by atoms with Crippen molar-refractivity contribution < 1.29 is 26.4 Å². The molecule has 3 heterocycles. The lowest BCUT2D eigenvalue weighted by atomic mass is 10.5. The maximum atomic E-state index is 12.7. The molecule has 33 heavy (non-hydrogen) atoms. The van der Waals surface area contributed by atoms with Crippen molar-refractivity contribution in [3.63, 3.8) is 0 Å². The summed E-state index contributed by atoms with van der Waals surface area (Å²) in [5, 5.41) is 7.30. The molecule has 0 radical (unpaired) electrons. The Bertz CT molecular complexity index is 1160. The number of anilines is 1. The van der Waals surface area contributed by atoms with Crippen LogP contribution in [0.3, 0.4) is 0 Å². The number of sulfonamides is 1. The molecule has 0 N–H and O–H groups in total. The van der Waals surface area contributed by atoms with Crippen LogP contribution in [-0.2, 0) is 28.0 Å². The Morgan fingerprint density at radius 1 is 1.27 bits per heavy atom. The van der Waals surface area contributed by atoms with E-state index >= 15 is 0 Å². The molecule has 0 amide bonds. The lowest BCUT2D eigenvalue weighted by Gasteiger charge is -2.20. The number of ether oxygens (including phenoxy) is 1. The smallest absolute Gasteiger partial charge is 0.314 e. The second-order valence-corrected chi connectivity index (χ2v) is 17.3. The lowest BCUT2D eigenvalue weighted by Crippen LogP contribution is -2.32. The second-order valence-electron chi connectivity index (χ2n) is 8.37. The third kappa shape index (κ3) is 6.88. The maximum absolute atomic E-state index is 12.7. The van der Waals surface area contributed by atoms with Gasteiger partial charge < -0.3 is 13.7 Å². The molecule has 3 aromatic heterocycles. The summed E-state index contributed by atoms with van der Waals surface area (Å²) in [4.78, 5) is 8.79. The van der Waals surface area contributed by atoms with E-state index in [4.69, 9.17) is 9.15 Å². The first kappa shape index (κ1) is 25.4. The summed E-state index contributed by atoms with van der Waals surface area (Å²) in [5.74, 6) is -0.779. The van der Waals surface area contributed by atoms with Gasteiger partial charge in [-0.25, -0.2) is 22.7 Å². The zero-order valence-electron chi connectivity index (χ0n) is 18.7. The fourth-order valence-corrected chi connectivity index (χ4v) is 5.28. The van der Waals surface area contributed by atoms with Crippen LogP contribution in [0, 0.1) is 0 Å². The highest BCUT2D eigenvalue weighted by Crippen LogP contribution is 2.29. The first-order valence-electron chi connectivity index (χ1n) is 10.1. The number of hydrogen-bond acceptors (Lipinski definition) is 9. The van der Waals surface area contributed by atoms with Crippen LogP contribution in [0.15, 0.2) is 23.1 Å². The topological polar surface area (TPSA) is 116 Å². The summed E-state index contributed by atoms with van der Waals surface area (Å²) in [5.41, 5.74) is 0. The van der Waals surface area contributed by atoms with Crippen LogP contribution >= 0.6 is 11.3 Å². The Balaban J connectivity index is 1.73. The lowest BCUT2D eigenvalue weighted by molar-refractivity contribution is 0.0871. The standard InChI is InChI=1S/C18H26F2N6O4S2Si/c1-5-32(27,28)26(14-9-25(11-22-14)12-29-6-7-33(2,3)4)10-15-21-8-13(31-15)17-23-24-18(30-17)16(19)20/h8-9,11,16H,5-7,10,12H2,1-4H3. The van der Waals surface area contributed by atoms with E-state index in [2.05, 4.69) is 39.8 Å². The zero-order valence-corrected chi connectivity index (χ0v) is 21.4. The molecule has 0 aromatic carbocycles. The van der Waals surface area contributed by atoms with E-state index in [0.717, 1.165) is 21.7 Å². The van der Waals surface area contributed by atoms with E-state index < -0.39 is 30.4 Å². The Morgan fingerprint density at radius 2 is 2.03 bits per heavy atom. The quantitative estimate of drug-likeness (QED) is 0.260. The molecule has 0 spiro atoms. The molecular formula is C18H26F2N6O4S2Si. The molecule has 0 aliphatic heterocycles. The van der Waals surface area contributed by atoms with Gasteiger partial charge in [-0.1, -0.05) is 19.6 Å². The number of halogens is 2. The van der Waals surface area contributed by atoms with Gasteiger partial charge in [0, 0.05) is 14.7 Å². The van der Waals surface area contributed by atoms with E-state index in [1.807, 2.05) is 0 Å². The largest absolute Gasteiger partial charge is 0.414 e. The van der Waals surface area contributed by atoms with E-state index in [-0.39, 0.29) is 30.7 Å². The Kier molecular flexibility index (Phi) is 7.97. The fraction of sp³-hybridized carbons (Fsp3) is 0.556. The van der Waals surface area contributed by atoms with Gasteiger partial charge in [-0.3, -0.25) is 0 Å². The summed E-state index contributed by atoms with van der Waals surface area (Å²) < 4.78 is 64.3. The number of aromatic nitrogens is 5. The number of nitrogens with zero attached hydrogens (tertiary/aromatic N) is 6. The van der Waals surface area contributed by atoms with Crippen molar-refractivity contribution in [3.8, 4) is 10.8 Å². The van der Waals surface area contributed by atoms with Crippen molar-refractivity contribution in [3.05, 3.63) is 29.6 Å². The number of alkyl halides is 2. The highest BCUT2D eigenvalue weighted by molar-refractivity contribution is 7.92. The Morgan fingerprint density at radius 3 is 2.67 bits per heavy atom. The molecule has 0 aliphatic rings. The monoisotopic (exact) mass is 520 g/mol. The van der Waals surface area contributed by atoms with E-state index in [1.54, 1.807) is 10.8 Å². The highest BCUT2D eigenvalue weighted by atomic mass is 32.2. The molecule has 15 heteroatoms. The summed E-state index contributed by atoms with van der Waals surface area (Å²) >= 11 is 1.07. The van der Waals surface area contributed by atoms with Crippen molar-refractivity contribution in [2.75, 3.05) is 16.7 Å². The summed E-state index contributed by atoms with van der Waals surface area (Å²) in [6.45, 7) is 9.15. The van der Waals surface area contributed by atoms with Gasteiger partial charge in [0.1, 0.15) is 16.6 Å². The van der Waals surface area contributed by atoms with Gasteiger partial charge in [-0.2, -0.15) is 8.78 Å². The van der Waals surface area contributed by atoms with Crippen molar-refractivity contribution in [1.82, 2.24) is 24.7 Å². The molecular weight excluding hydrogens is 494 g/mol. The fourth-order valence-electron chi connectivity index (χ4n) is 2.60. The van der Waals surface area contributed by atoms with Crippen molar-refractivity contribution >= 4 is 35.3 Å². The van der Waals surface area contributed by atoms with Crippen LogP contribution in [0.2, 0.25) is 25.7 Å². The minimum atomic E-state index is -3.67. The second kappa shape index (κ2) is 10.4. The van der Waals surface area contributed by atoms with Gasteiger partial charge in [0.25, 0.3) is 11.8 Å².